The number of nitriles is 1. The van der Waals surface area contributed by atoms with E-state index in [-0.39, 0.29) is 17.7 Å². The van der Waals surface area contributed by atoms with Crippen LogP contribution in [-0.4, -0.2) is 37.4 Å². The Hall–Kier alpha value is -1.55. The second-order valence-electron chi connectivity index (χ2n) is 6.29. The predicted octanol–water partition coefficient (Wildman–Crippen LogP) is 2.94. The van der Waals surface area contributed by atoms with Gasteiger partial charge in [0.05, 0.1) is 5.57 Å². The fraction of sp³-hybridized carbons (Fsp3) is 0.500. The number of rotatable bonds is 3. The molecule has 1 aromatic rings. The number of piperidine rings is 1. The van der Waals surface area contributed by atoms with Gasteiger partial charge in [0.15, 0.2) is 0 Å². The van der Waals surface area contributed by atoms with Crippen LogP contribution in [0.25, 0.3) is 0 Å². The van der Waals surface area contributed by atoms with Gasteiger partial charge in [-0.05, 0) is 24.2 Å². The summed E-state index contributed by atoms with van der Waals surface area (Å²) in [6.07, 6.45) is 0.731. The first-order valence-corrected chi connectivity index (χ1v) is 8.95. The lowest BCUT2D eigenvalue weighted by molar-refractivity contribution is -0.265. The highest BCUT2D eigenvalue weighted by atomic mass is 79.9. The Kier molecular flexibility index (Phi) is 4.86. The Morgan fingerprint density at radius 3 is 2.75 bits per heavy atom. The Morgan fingerprint density at radius 2 is 2.17 bits per heavy atom. The standard InChI is InChI=1S/C18H22BrN3O2/c1-3-22-9-8-18(23-2)15(11-22)16(14(10-20)17(21)24-18)12-4-6-13(19)7-5-12/h4-7,15-16H,3,8-9,11,21H2,1-2H3/t15-,16+,18+/m0/s1. The zero-order valence-electron chi connectivity index (χ0n) is 14.0. The van der Waals surface area contributed by atoms with Crippen LogP contribution in [-0.2, 0) is 9.47 Å². The second kappa shape index (κ2) is 6.75. The minimum Gasteiger partial charge on any atom is -0.446 e. The van der Waals surface area contributed by atoms with Gasteiger partial charge in [-0.2, -0.15) is 5.26 Å². The molecule has 2 heterocycles. The first kappa shape index (κ1) is 17.3. The maximum atomic E-state index is 9.69. The van der Waals surface area contributed by atoms with Gasteiger partial charge in [-0.1, -0.05) is 35.0 Å². The van der Waals surface area contributed by atoms with E-state index in [4.69, 9.17) is 15.2 Å². The highest BCUT2D eigenvalue weighted by Crippen LogP contribution is 2.49. The number of benzene rings is 1. The summed E-state index contributed by atoms with van der Waals surface area (Å²) in [6.45, 7) is 4.81. The topological polar surface area (TPSA) is 71.5 Å². The van der Waals surface area contributed by atoms with Crippen molar-refractivity contribution >= 4 is 15.9 Å². The maximum absolute atomic E-state index is 9.69. The van der Waals surface area contributed by atoms with Gasteiger partial charge in [-0.25, -0.2) is 0 Å². The first-order valence-electron chi connectivity index (χ1n) is 8.16. The molecule has 0 saturated carbocycles. The summed E-state index contributed by atoms with van der Waals surface area (Å²) in [6, 6.07) is 10.3. The van der Waals surface area contributed by atoms with Gasteiger partial charge in [-0.15, -0.1) is 0 Å². The number of ether oxygens (including phenoxy) is 2. The van der Waals surface area contributed by atoms with Crippen LogP contribution in [0.2, 0.25) is 0 Å². The SMILES string of the molecule is CCN1CC[C@@]2(OC)OC(N)=C(C#N)[C@@H](c3ccc(Br)cc3)[C@@H]2C1. The summed E-state index contributed by atoms with van der Waals surface area (Å²) in [5.41, 5.74) is 7.67. The molecule has 3 atom stereocenters. The van der Waals surface area contributed by atoms with Crippen LogP contribution in [0, 0.1) is 17.2 Å². The van der Waals surface area contributed by atoms with Gasteiger partial charge >= 0.3 is 0 Å². The summed E-state index contributed by atoms with van der Waals surface area (Å²) in [4.78, 5) is 2.37. The van der Waals surface area contributed by atoms with Crippen molar-refractivity contribution in [2.24, 2.45) is 11.7 Å². The van der Waals surface area contributed by atoms with Gasteiger partial charge in [0.25, 0.3) is 0 Å². The van der Waals surface area contributed by atoms with Crippen molar-refractivity contribution in [1.82, 2.24) is 4.90 Å². The third kappa shape index (κ3) is 2.81. The number of nitrogens with two attached hydrogens (primary N) is 1. The van der Waals surface area contributed by atoms with Crippen LogP contribution in [0.15, 0.2) is 40.2 Å². The van der Waals surface area contributed by atoms with Gasteiger partial charge in [0.1, 0.15) is 6.07 Å². The number of likely N-dealkylation sites (tertiary alicyclic amines) is 1. The van der Waals surface area contributed by atoms with E-state index in [1.165, 1.54) is 0 Å². The minimum absolute atomic E-state index is 0.0133. The molecule has 2 aliphatic rings. The molecule has 2 N–H and O–H groups in total. The molecule has 1 fully saturated rings. The smallest absolute Gasteiger partial charge is 0.218 e. The average Bonchev–Trinajstić information content (AvgIpc) is 2.61. The summed E-state index contributed by atoms with van der Waals surface area (Å²) in [5, 5.41) is 9.69. The van der Waals surface area contributed by atoms with Crippen LogP contribution in [0.1, 0.15) is 24.8 Å². The van der Waals surface area contributed by atoms with Crippen molar-refractivity contribution in [3.63, 3.8) is 0 Å². The van der Waals surface area contributed by atoms with Crippen molar-refractivity contribution < 1.29 is 9.47 Å². The van der Waals surface area contributed by atoms with Crippen LogP contribution in [0.5, 0.6) is 0 Å². The van der Waals surface area contributed by atoms with E-state index in [1.54, 1.807) is 7.11 Å². The van der Waals surface area contributed by atoms with E-state index < -0.39 is 5.79 Å². The molecule has 24 heavy (non-hydrogen) atoms. The molecule has 0 spiro atoms. The van der Waals surface area contributed by atoms with E-state index in [9.17, 15) is 5.26 Å². The lowest BCUT2D eigenvalue weighted by Gasteiger charge is -2.51. The third-order valence-corrected chi connectivity index (χ3v) is 5.73. The monoisotopic (exact) mass is 391 g/mol. The van der Waals surface area contributed by atoms with Crippen LogP contribution in [0.3, 0.4) is 0 Å². The molecule has 1 aromatic carbocycles. The van der Waals surface area contributed by atoms with E-state index in [2.05, 4.69) is 33.8 Å². The van der Waals surface area contributed by atoms with E-state index >= 15 is 0 Å². The Morgan fingerprint density at radius 1 is 1.46 bits per heavy atom. The van der Waals surface area contributed by atoms with Gasteiger partial charge < -0.3 is 20.1 Å². The summed E-state index contributed by atoms with van der Waals surface area (Å²) in [7, 11) is 1.66. The molecule has 6 heteroatoms. The summed E-state index contributed by atoms with van der Waals surface area (Å²) in [5.74, 6) is -0.702. The van der Waals surface area contributed by atoms with E-state index in [0.29, 0.717) is 5.57 Å². The predicted molar refractivity (Wildman–Crippen MR) is 94.8 cm³/mol. The molecule has 2 aliphatic heterocycles. The van der Waals surface area contributed by atoms with Crippen molar-refractivity contribution in [3.05, 3.63) is 45.8 Å². The summed E-state index contributed by atoms with van der Waals surface area (Å²) >= 11 is 3.47. The largest absolute Gasteiger partial charge is 0.446 e. The molecule has 0 unspecified atom stereocenters. The molecule has 5 nitrogen and oxygen atoms in total. The van der Waals surface area contributed by atoms with Crippen molar-refractivity contribution in [3.8, 4) is 6.07 Å². The Balaban J connectivity index is 2.11. The van der Waals surface area contributed by atoms with Crippen molar-refractivity contribution in [2.45, 2.75) is 25.0 Å². The number of hydrogen-bond acceptors (Lipinski definition) is 5. The van der Waals surface area contributed by atoms with Crippen LogP contribution in [0.4, 0.5) is 0 Å². The molecule has 0 aliphatic carbocycles. The lowest BCUT2D eigenvalue weighted by Crippen LogP contribution is -2.58. The first-order chi connectivity index (χ1) is 11.5. The number of halogens is 1. The quantitative estimate of drug-likeness (QED) is 0.857. The zero-order valence-corrected chi connectivity index (χ0v) is 15.5. The number of nitrogens with zero attached hydrogens (tertiary/aromatic N) is 2. The number of methoxy groups -OCH3 is 1. The normalized spacial score (nSPS) is 30.4. The molecule has 0 aromatic heterocycles. The summed E-state index contributed by atoms with van der Waals surface area (Å²) < 4.78 is 12.8. The number of allylic oxidation sites excluding steroid dienone is 1. The number of fused-ring (bicyclic) bond motifs is 1. The molecule has 1 saturated heterocycles. The lowest BCUT2D eigenvalue weighted by atomic mass is 9.72. The van der Waals surface area contributed by atoms with E-state index in [0.717, 1.165) is 36.1 Å². The van der Waals surface area contributed by atoms with Crippen molar-refractivity contribution in [2.75, 3.05) is 26.7 Å². The fourth-order valence-corrected chi connectivity index (χ4v) is 4.13. The molecule has 0 amide bonds. The number of hydrogen-bond donors (Lipinski definition) is 1. The Labute approximate surface area is 151 Å². The maximum Gasteiger partial charge on any atom is 0.218 e. The second-order valence-corrected chi connectivity index (χ2v) is 7.20. The molecular weight excluding hydrogens is 370 g/mol. The van der Waals surface area contributed by atoms with Gasteiger partial charge in [-0.3, -0.25) is 0 Å². The van der Waals surface area contributed by atoms with Crippen LogP contribution < -0.4 is 5.73 Å². The molecule has 0 radical (unpaired) electrons. The minimum atomic E-state index is -0.770. The molecule has 3 rings (SSSR count). The Bertz CT molecular complexity index is 682. The molecule has 128 valence electrons. The molecular formula is C18H22BrN3O2. The van der Waals surface area contributed by atoms with E-state index in [1.807, 2.05) is 24.3 Å². The highest BCUT2D eigenvalue weighted by molar-refractivity contribution is 9.10. The van der Waals surface area contributed by atoms with Gasteiger partial charge in [0.2, 0.25) is 11.7 Å². The fourth-order valence-electron chi connectivity index (χ4n) is 3.87. The zero-order chi connectivity index (χ0) is 17.3. The molecule has 0 bridgehead atoms. The third-order valence-electron chi connectivity index (χ3n) is 5.20. The van der Waals surface area contributed by atoms with Crippen LogP contribution >= 0.6 is 15.9 Å². The van der Waals surface area contributed by atoms with Gasteiger partial charge in [0, 0.05) is 42.9 Å². The highest BCUT2D eigenvalue weighted by Gasteiger charge is 2.54. The average molecular weight is 392 g/mol. The van der Waals surface area contributed by atoms with Crippen molar-refractivity contribution in [1.29, 1.82) is 5.26 Å².